The lowest BCUT2D eigenvalue weighted by atomic mass is 9.87. The molecule has 1 aliphatic rings. The number of rotatable bonds is 5. The summed E-state index contributed by atoms with van der Waals surface area (Å²) in [4.78, 5) is 8.60. The minimum absolute atomic E-state index is 0.535. The van der Waals surface area contributed by atoms with Crippen molar-refractivity contribution in [2.45, 2.75) is 58.4 Å². The van der Waals surface area contributed by atoms with Crippen LogP contribution in [0.15, 0.2) is 6.33 Å². The third-order valence-electron chi connectivity index (χ3n) is 3.94. The van der Waals surface area contributed by atoms with Gasteiger partial charge in [0.1, 0.15) is 18.0 Å². The third kappa shape index (κ3) is 3.56. The van der Waals surface area contributed by atoms with Gasteiger partial charge in [-0.2, -0.15) is 0 Å². The van der Waals surface area contributed by atoms with E-state index in [0.29, 0.717) is 6.04 Å². The highest BCUT2D eigenvalue weighted by Gasteiger charge is 2.20. The highest BCUT2D eigenvalue weighted by atomic mass is 15.3. The van der Waals surface area contributed by atoms with E-state index < -0.39 is 0 Å². The summed E-state index contributed by atoms with van der Waals surface area (Å²) in [5, 5.41) is 3.58. The van der Waals surface area contributed by atoms with Crippen molar-refractivity contribution in [3.63, 3.8) is 0 Å². The largest absolute Gasteiger partial charge is 0.367 e. The molecule has 1 heterocycles. The van der Waals surface area contributed by atoms with E-state index in [9.17, 15) is 0 Å². The van der Waals surface area contributed by atoms with Crippen LogP contribution in [0, 0.1) is 5.92 Å². The molecule has 4 N–H and O–H groups in total. The van der Waals surface area contributed by atoms with Gasteiger partial charge in [-0.15, -0.1) is 0 Å². The number of nitrogen functional groups attached to an aromatic ring is 1. The van der Waals surface area contributed by atoms with Gasteiger partial charge >= 0.3 is 0 Å². The lowest BCUT2D eigenvalue weighted by Crippen LogP contribution is -2.26. The van der Waals surface area contributed by atoms with Crippen molar-refractivity contribution in [3.05, 3.63) is 11.9 Å². The molecule has 0 radical (unpaired) electrons. The molecule has 1 aliphatic carbocycles. The second-order valence-corrected chi connectivity index (χ2v) is 5.54. The van der Waals surface area contributed by atoms with Gasteiger partial charge in [0.15, 0.2) is 0 Å². The molecule has 0 unspecified atom stereocenters. The van der Waals surface area contributed by atoms with Crippen LogP contribution in [0.4, 0.5) is 11.6 Å². The molecule has 2 rings (SSSR count). The zero-order valence-corrected chi connectivity index (χ0v) is 11.9. The van der Waals surface area contributed by atoms with Crippen molar-refractivity contribution < 1.29 is 0 Å². The van der Waals surface area contributed by atoms with Crippen LogP contribution in [0.5, 0.6) is 0 Å². The summed E-state index contributed by atoms with van der Waals surface area (Å²) in [6, 6.07) is 0.535. The van der Waals surface area contributed by atoms with Crippen LogP contribution in [-0.2, 0) is 6.42 Å². The van der Waals surface area contributed by atoms with Crippen LogP contribution in [-0.4, -0.2) is 16.0 Å². The minimum Gasteiger partial charge on any atom is -0.367 e. The predicted molar refractivity (Wildman–Crippen MR) is 78.9 cm³/mol. The van der Waals surface area contributed by atoms with Crippen molar-refractivity contribution >= 4 is 11.6 Å². The maximum atomic E-state index is 5.53. The zero-order chi connectivity index (χ0) is 13.7. The Hall–Kier alpha value is -1.36. The maximum Gasteiger partial charge on any atom is 0.148 e. The normalized spacial score (nSPS) is 23.1. The van der Waals surface area contributed by atoms with Crippen molar-refractivity contribution in [2.24, 2.45) is 11.8 Å². The molecule has 19 heavy (non-hydrogen) atoms. The van der Waals surface area contributed by atoms with E-state index in [2.05, 4.69) is 34.6 Å². The van der Waals surface area contributed by atoms with Gasteiger partial charge in [0.25, 0.3) is 0 Å². The Morgan fingerprint density at radius 2 is 1.89 bits per heavy atom. The summed E-state index contributed by atoms with van der Waals surface area (Å²) in [6.07, 6.45) is 8.61. The highest BCUT2D eigenvalue weighted by Crippen LogP contribution is 2.28. The molecule has 0 spiro atoms. The van der Waals surface area contributed by atoms with Crippen LogP contribution in [0.25, 0.3) is 0 Å². The molecule has 1 aromatic heterocycles. The van der Waals surface area contributed by atoms with Crippen LogP contribution in [0.2, 0.25) is 0 Å². The van der Waals surface area contributed by atoms with E-state index in [1.165, 1.54) is 25.7 Å². The fourth-order valence-corrected chi connectivity index (χ4v) is 2.75. The number of hydrazine groups is 1. The molecule has 0 aromatic carbocycles. The van der Waals surface area contributed by atoms with Crippen molar-refractivity contribution in [2.75, 3.05) is 10.7 Å². The van der Waals surface area contributed by atoms with E-state index in [1.807, 2.05) is 0 Å². The summed E-state index contributed by atoms with van der Waals surface area (Å²) in [7, 11) is 0. The molecule has 106 valence electrons. The topological polar surface area (TPSA) is 75.9 Å². The number of hydrogen-bond donors (Lipinski definition) is 3. The maximum absolute atomic E-state index is 5.53. The lowest BCUT2D eigenvalue weighted by molar-refractivity contribution is 0.360. The molecular formula is C14H25N5. The number of anilines is 2. The van der Waals surface area contributed by atoms with E-state index in [0.717, 1.165) is 36.0 Å². The molecule has 0 amide bonds. The fourth-order valence-electron chi connectivity index (χ4n) is 2.75. The summed E-state index contributed by atoms with van der Waals surface area (Å²) in [5.74, 6) is 8.08. The van der Waals surface area contributed by atoms with Crippen molar-refractivity contribution in [1.29, 1.82) is 0 Å². The van der Waals surface area contributed by atoms with E-state index in [4.69, 9.17) is 5.84 Å². The number of nitrogens with zero attached hydrogens (tertiary/aromatic N) is 2. The summed E-state index contributed by atoms with van der Waals surface area (Å²) >= 11 is 0. The van der Waals surface area contributed by atoms with Gasteiger partial charge in [-0.25, -0.2) is 15.8 Å². The molecule has 0 aliphatic heterocycles. The van der Waals surface area contributed by atoms with Gasteiger partial charge in [-0.1, -0.05) is 20.3 Å². The number of nitrogens with two attached hydrogens (primary N) is 1. The molecule has 1 aromatic rings. The van der Waals surface area contributed by atoms with Gasteiger partial charge in [0.05, 0.1) is 0 Å². The van der Waals surface area contributed by atoms with E-state index in [1.54, 1.807) is 6.33 Å². The van der Waals surface area contributed by atoms with Gasteiger partial charge in [0, 0.05) is 11.6 Å². The Labute approximate surface area is 115 Å². The molecule has 5 nitrogen and oxygen atoms in total. The van der Waals surface area contributed by atoms with Crippen LogP contribution in [0.1, 0.15) is 51.5 Å². The summed E-state index contributed by atoms with van der Waals surface area (Å²) in [5.41, 5.74) is 3.78. The Bertz CT molecular complexity index is 399. The Morgan fingerprint density at radius 1 is 1.21 bits per heavy atom. The standard InChI is InChI=1S/C14H25N5/c1-3-4-12-13(16-9-17-14(12)19-15)18-11-7-5-10(2)6-8-11/h9-11H,3-8,15H2,1-2H3,(H2,16,17,18,19). The van der Waals surface area contributed by atoms with E-state index >= 15 is 0 Å². The van der Waals surface area contributed by atoms with Crippen molar-refractivity contribution in [3.8, 4) is 0 Å². The van der Waals surface area contributed by atoms with Crippen LogP contribution in [0.3, 0.4) is 0 Å². The van der Waals surface area contributed by atoms with Gasteiger partial charge in [0.2, 0.25) is 0 Å². The average molecular weight is 263 g/mol. The molecule has 5 heteroatoms. The molecule has 1 fully saturated rings. The molecule has 0 bridgehead atoms. The van der Waals surface area contributed by atoms with Gasteiger partial charge in [-0.05, 0) is 38.0 Å². The first-order valence-electron chi connectivity index (χ1n) is 7.31. The SMILES string of the molecule is CCCc1c(NN)ncnc1NC1CCC(C)CC1. The van der Waals surface area contributed by atoms with Crippen LogP contribution < -0.4 is 16.6 Å². The Kier molecular flexibility index (Phi) is 4.96. The first-order valence-corrected chi connectivity index (χ1v) is 7.31. The summed E-state index contributed by atoms with van der Waals surface area (Å²) < 4.78 is 0. The zero-order valence-electron chi connectivity index (χ0n) is 11.9. The van der Waals surface area contributed by atoms with Gasteiger partial charge in [-0.3, -0.25) is 0 Å². The highest BCUT2D eigenvalue weighted by molar-refractivity contribution is 5.57. The average Bonchev–Trinajstić information content (AvgIpc) is 2.43. The van der Waals surface area contributed by atoms with Crippen molar-refractivity contribution in [1.82, 2.24) is 9.97 Å². The Morgan fingerprint density at radius 3 is 2.53 bits per heavy atom. The quantitative estimate of drug-likeness (QED) is 0.562. The predicted octanol–water partition coefficient (Wildman–Crippen LogP) is 2.71. The summed E-state index contributed by atoms with van der Waals surface area (Å²) in [6.45, 7) is 4.49. The Balaban J connectivity index is 2.10. The lowest BCUT2D eigenvalue weighted by Gasteiger charge is -2.28. The van der Waals surface area contributed by atoms with Gasteiger partial charge < -0.3 is 10.7 Å². The monoisotopic (exact) mass is 263 g/mol. The molecule has 0 saturated heterocycles. The van der Waals surface area contributed by atoms with Crippen LogP contribution >= 0.6 is 0 Å². The first-order chi connectivity index (χ1) is 9.24. The number of hydrogen-bond acceptors (Lipinski definition) is 5. The van der Waals surface area contributed by atoms with E-state index in [-0.39, 0.29) is 0 Å². The molecule has 1 saturated carbocycles. The minimum atomic E-state index is 0.535. The fraction of sp³-hybridized carbons (Fsp3) is 0.714. The smallest absolute Gasteiger partial charge is 0.148 e. The third-order valence-corrected chi connectivity index (χ3v) is 3.94. The second-order valence-electron chi connectivity index (χ2n) is 5.54. The molecular weight excluding hydrogens is 238 g/mol. The first kappa shape index (κ1) is 14.1. The number of nitrogens with one attached hydrogen (secondary N) is 2. The number of aromatic nitrogens is 2. The second kappa shape index (κ2) is 6.70. The molecule has 0 atom stereocenters.